The molecule has 4 heteroatoms. The van der Waals surface area contributed by atoms with E-state index in [-0.39, 0.29) is 24.0 Å². The van der Waals surface area contributed by atoms with Crippen LogP contribution in [0, 0.1) is 0 Å². The van der Waals surface area contributed by atoms with Gasteiger partial charge in [0.1, 0.15) is 0 Å². The van der Waals surface area contributed by atoms with Crippen LogP contribution in [0.2, 0.25) is 0 Å². The number of anilines is 2. The number of nitrogens with two attached hydrogens (primary N) is 1. The van der Waals surface area contributed by atoms with Crippen molar-refractivity contribution in [1.82, 2.24) is 0 Å². The third-order valence-corrected chi connectivity index (χ3v) is 3.26. The molecule has 3 aromatic carbocycles. The van der Waals surface area contributed by atoms with Crippen molar-refractivity contribution in [2.24, 2.45) is 10.7 Å². The number of guanidine groups is 1. The second-order valence-corrected chi connectivity index (χ2v) is 4.81. The molecule has 0 heterocycles. The molecular weight excluding hydrogens is 397 g/mol. The Morgan fingerprint density at radius 3 is 1.48 bits per heavy atom. The molecular formula is C19H18IN3. The molecule has 0 aliphatic heterocycles. The Bertz CT molecular complexity index is 704. The molecule has 2 N–H and O–H groups in total. The van der Waals surface area contributed by atoms with Crippen LogP contribution in [-0.4, -0.2) is 5.96 Å². The Morgan fingerprint density at radius 2 is 1.04 bits per heavy atom. The van der Waals surface area contributed by atoms with Crippen molar-refractivity contribution in [1.29, 1.82) is 0 Å². The van der Waals surface area contributed by atoms with Gasteiger partial charge < -0.3 is 5.73 Å². The molecule has 0 aliphatic rings. The van der Waals surface area contributed by atoms with Crippen LogP contribution >= 0.6 is 24.0 Å². The van der Waals surface area contributed by atoms with E-state index in [2.05, 4.69) is 4.99 Å². The quantitative estimate of drug-likeness (QED) is 0.368. The molecule has 3 aromatic rings. The third kappa shape index (κ3) is 4.32. The van der Waals surface area contributed by atoms with E-state index < -0.39 is 0 Å². The van der Waals surface area contributed by atoms with E-state index in [0.717, 1.165) is 17.1 Å². The van der Waals surface area contributed by atoms with Gasteiger partial charge in [-0.25, -0.2) is 4.99 Å². The highest BCUT2D eigenvalue weighted by Crippen LogP contribution is 2.25. The summed E-state index contributed by atoms with van der Waals surface area (Å²) in [4.78, 5) is 6.47. The summed E-state index contributed by atoms with van der Waals surface area (Å²) in [5, 5.41) is 0. The van der Waals surface area contributed by atoms with Gasteiger partial charge in [-0.3, -0.25) is 4.90 Å². The van der Waals surface area contributed by atoms with Crippen LogP contribution in [0.1, 0.15) is 0 Å². The van der Waals surface area contributed by atoms with E-state index in [9.17, 15) is 0 Å². The standard InChI is InChI=1S/C19H17N3.HI/c20-19(21-16-10-4-1-5-11-16)22(17-12-6-2-7-13-17)18-14-8-3-9-15-18;/h1-15H,(H2,20,21);1H. The first-order valence-corrected chi connectivity index (χ1v) is 7.14. The summed E-state index contributed by atoms with van der Waals surface area (Å²) >= 11 is 0. The number of rotatable bonds is 3. The lowest BCUT2D eigenvalue weighted by molar-refractivity contribution is 1.28. The Labute approximate surface area is 153 Å². The zero-order chi connectivity index (χ0) is 15.2. The highest BCUT2D eigenvalue weighted by atomic mass is 127. The average Bonchev–Trinajstić information content (AvgIpc) is 2.58. The van der Waals surface area contributed by atoms with Gasteiger partial charge in [-0.05, 0) is 36.4 Å². The fraction of sp³-hybridized carbons (Fsp3) is 0. The number of hydrogen-bond acceptors (Lipinski definition) is 1. The van der Waals surface area contributed by atoms with Crippen molar-refractivity contribution in [3.05, 3.63) is 91.0 Å². The zero-order valence-electron chi connectivity index (χ0n) is 12.5. The van der Waals surface area contributed by atoms with Crippen LogP contribution in [0.15, 0.2) is 96.0 Å². The van der Waals surface area contributed by atoms with Crippen molar-refractivity contribution in [2.75, 3.05) is 4.90 Å². The maximum absolute atomic E-state index is 6.29. The number of nitrogens with zero attached hydrogens (tertiary/aromatic N) is 2. The molecule has 3 rings (SSSR count). The minimum absolute atomic E-state index is 0. The number of benzene rings is 3. The summed E-state index contributed by atoms with van der Waals surface area (Å²) in [6, 6.07) is 29.7. The summed E-state index contributed by atoms with van der Waals surface area (Å²) in [6.07, 6.45) is 0. The van der Waals surface area contributed by atoms with Crippen LogP contribution in [0.4, 0.5) is 17.1 Å². The molecule has 0 fully saturated rings. The molecule has 0 saturated heterocycles. The van der Waals surface area contributed by atoms with Crippen LogP contribution in [0.3, 0.4) is 0 Å². The highest BCUT2D eigenvalue weighted by Gasteiger charge is 2.12. The number of aliphatic imine (C=N–C) groups is 1. The van der Waals surface area contributed by atoms with Gasteiger partial charge >= 0.3 is 0 Å². The van der Waals surface area contributed by atoms with Gasteiger partial charge in [0.05, 0.1) is 5.69 Å². The van der Waals surface area contributed by atoms with Gasteiger partial charge in [0.25, 0.3) is 0 Å². The molecule has 0 spiro atoms. The minimum Gasteiger partial charge on any atom is -0.369 e. The summed E-state index contributed by atoms with van der Waals surface area (Å²) in [7, 11) is 0. The van der Waals surface area contributed by atoms with E-state index in [4.69, 9.17) is 5.73 Å². The van der Waals surface area contributed by atoms with Crippen molar-refractivity contribution in [3.63, 3.8) is 0 Å². The second-order valence-electron chi connectivity index (χ2n) is 4.81. The maximum Gasteiger partial charge on any atom is 0.205 e. The molecule has 0 bridgehead atoms. The second kappa shape index (κ2) is 8.33. The first kappa shape index (κ1) is 17.0. The van der Waals surface area contributed by atoms with Gasteiger partial charge in [0.15, 0.2) is 0 Å². The van der Waals surface area contributed by atoms with Crippen molar-refractivity contribution in [3.8, 4) is 0 Å². The smallest absolute Gasteiger partial charge is 0.205 e. The lowest BCUT2D eigenvalue weighted by atomic mass is 10.2. The molecule has 0 aliphatic carbocycles. The summed E-state index contributed by atoms with van der Waals surface area (Å²) in [5.41, 5.74) is 9.08. The highest BCUT2D eigenvalue weighted by molar-refractivity contribution is 14.0. The van der Waals surface area contributed by atoms with Gasteiger partial charge in [-0.1, -0.05) is 54.6 Å². The van der Waals surface area contributed by atoms with E-state index in [1.807, 2.05) is 95.9 Å². The largest absolute Gasteiger partial charge is 0.369 e. The molecule has 0 unspecified atom stereocenters. The molecule has 0 saturated carbocycles. The zero-order valence-corrected chi connectivity index (χ0v) is 14.9. The first-order chi connectivity index (χ1) is 10.8. The van der Waals surface area contributed by atoms with Gasteiger partial charge in [-0.2, -0.15) is 0 Å². The van der Waals surface area contributed by atoms with Crippen molar-refractivity contribution >= 4 is 47.0 Å². The number of para-hydroxylation sites is 3. The normalized spacial score (nSPS) is 10.7. The van der Waals surface area contributed by atoms with Gasteiger partial charge in [0.2, 0.25) is 5.96 Å². The number of halogens is 1. The van der Waals surface area contributed by atoms with E-state index in [0.29, 0.717) is 5.96 Å². The predicted molar refractivity (Wildman–Crippen MR) is 108 cm³/mol. The maximum atomic E-state index is 6.29. The first-order valence-electron chi connectivity index (χ1n) is 7.14. The average molecular weight is 415 g/mol. The molecule has 0 amide bonds. The Kier molecular flexibility index (Phi) is 6.17. The Balaban J connectivity index is 0.00000192. The minimum atomic E-state index is 0. The monoisotopic (exact) mass is 415 g/mol. The van der Waals surface area contributed by atoms with Crippen molar-refractivity contribution in [2.45, 2.75) is 0 Å². The summed E-state index contributed by atoms with van der Waals surface area (Å²) in [5.74, 6) is 0.434. The van der Waals surface area contributed by atoms with E-state index >= 15 is 0 Å². The van der Waals surface area contributed by atoms with Crippen LogP contribution in [0.5, 0.6) is 0 Å². The van der Waals surface area contributed by atoms with Crippen molar-refractivity contribution < 1.29 is 0 Å². The summed E-state index contributed by atoms with van der Waals surface area (Å²) in [6.45, 7) is 0. The van der Waals surface area contributed by atoms with Crippen LogP contribution in [0.25, 0.3) is 0 Å². The lowest BCUT2D eigenvalue weighted by Crippen LogP contribution is -2.33. The molecule has 0 aromatic heterocycles. The van der Waals surface area contributed by atoms with E-state index in [1.54, 1.807) is 0 Å². The Morgan fingerprint density at radius 1 is 0.652 bits per heavy atom. The van der Waals surface area contributed by atoms with Gasteiger partial charge in [-0.15, -0.1) is 24.0 Å². The fourth-order valence-corrected chi connectivity index (χ4v) is 2.25. The summed E-state index contributed by atoms with van der Waals surface area (Å²) < 4.78 is 0. The van der Waals surface area contributed by atoms with Gasteiger partial charge in [0, 0.05) is 11.4 Å². The van der Waals surface area contributed by atoms with Crippen LogP contribution < -0.4 is 10.6 Å². The number of hydrogen-bond donors (Lipinski definition) is 1. The molecule has 0 radical (unpaired) electrons. The van der Waals surface area contributed by atoms with Crippen LogP contribution in [-0.2, 0) is 0 Å². The molecule has 23 heavy (non-hydrogen) atoms. The molecule has 0 atom stereocenters. The lowest BCUT2D eigenvalue weighted by Gasteiger charge is -2.23. The SMILES string of the molecule is I.NC(=Nc1ccccc1)N(c1ccccc1)c1ccccc1. The molecule has 3 nitrogen and oxygen atoms in total. The predicted octanol–water partition coefficient (Wildman–Crippen LogP) is 5.09. The third-order valence-electron chi connectivity index (χ3n) is 3.26. The van der Waals surface area contributed by atoms with E-state index in [1.165, 1.54) is 0 Å². The molecule has 116 valence electrons. The topological polar surface area (TPSA) is 41.6 Å². The fourth-order valence-electron chi connectivity index (χ4n) is 2.25. The Hall–Kier alpha value is -2.34.